The molecule has 0 spiro atoms. The Bertz CT molecular complexity index is 601. The first-order valence-electron chi connectivity index (χ1n) is 7.19. The van der Waals surface area contributed by atoms with E-state index in [1.54, 1.807) is 7.11 Å². The van der Waals surface area contributed by atoms with Crippen LogP contribution in [0.1, 0.15) is 32.6 Å². The highest BCUT2D eigenvalue weighted by Crippen LogP contribution is 2.31. The fourth-order valence-electron chi connectivity index (χ4n) is 3.03. The number of nitrogens with two attached hydrogens (primary N) is 1. The first-order valence-corrected chi connectivity index (χ1v) is 7.19. The fraction of sp³-hybridized carbons (Fsp3) is 0.643. The third-order valence-electron chi connectivity index (χ3n) is 4.30. The van der Waals surface area contributed by atoms with Crippen LogP contribution >= 0.6 is 0 Å². The second-order valence-corrected chi connectivity index (χ2v) is 5.76. The summed E-state index contributed by atoms with van der Waals surface area (Å²) in [7, 11) is 1.58. The summed E-state index contributed by atoms with van der Waals surface area (Å²) < 4.78 is 7.22. The second-order valence-electron chi connectivity index (χ2n) is 5.76. The fourth-order valence-corrected chi connectivity index (χ4v) is 3.03. The Morgan fingerprint density at radius 3 is 2.75 bits per heavy atom. The van der Waals surface area contributed by atoms with Crippen LogP contribution in [0.4, 0.5) is 5.95 Å². The Kier molecular flexibility index (Phi) is 3.46. The summed E-state index contributed by atoms with van der Waals surface area (Å²) in [5.41, 5.74) is 7.47. The number of fused-ring (bicyclic) bond motifs is 1. The monoisotopic (exact) mass is 275 g/mol. The molecule has 0 radical (unpaired) electrons. The lowest BCUT2D eigenvalue weighted by Crippen LogP contribution is -2.18. The zero-order valence-corrected chi connectivity index (χ0v) is 12.0. The van der Waals surface area contributed by atoms with Crippen LogP contribution in [-0.4, -0.2) is 26.6 Å². The van der Waals surface area contributed by atoms with Gasteiger partial charge < -0.3 is 10.5 Å². The molecule has 0 amide bonds. The van der Waals surface area contributed by atoms with Crippen LogP contribution < -0.4 is 10.5 Å². The Morgan fingerprint density at radius 2 is 2.05 bits per heavy atom. The minimum atomic E-state index is 0.484. The summed E-state index contributed by atoms with van der Waals surface area (Å²) in [6.07, 6.45) is 6.61. The summed E-state index contributed by atoms with van der Waals surface area (Å²) in [6, 6.07) is 0. The maximum atomic E-state index is 6.05. The van der Waals surface area contributed by atoms with E-state index in [1.807, 2.05) is 4.57 Å². The number of ether oxygens (including phenoxy) is 1. The number of rotatable bonds is 3. The molecule has 3 rings (SSSR count). The average Bonchev–Trinajstić information content (AvgIpc) is 2.77. The molecule has 2 N–H and O–H groups in total. The normalized spacial score (nSPS) is 23.1. The van der Waals surface area contributed by atoms with E-state index < -0.39 is 0 Å². The van der Waals surface area contributed by atoms with Crippen molar-refractivity contribution in [2.75, 3.05) is 12.8 Å². The third-order valence-corrected chi connectivity index (χ3v) is 4.30. The topological polar surface area (TPSA) is 78.8 Å². The molecule has 0 aromatic carbocycles. The third kappa shape index (κ3) is 2.30. The van der Waals surface area contributed by atoms with Gasteiger partial charge in [0.1, 0.15) is 6.33 Å². The first-order chi connectivity index (χ1) is 9.69. The van der Waals surface area contributed by atoms with Gasteiger partial charge in [0.05, 0.1) is 7.11 Å². The number of imidazole rings is 1. The van der Waals surface area contributed by atoms with Gasteiger partial charge in [0.25, 0.3) is 0 Å². The summed E-state index contributed by atoms with van der Waals surface area (Å²) in [6.45, 7) is 3.21. The molecular formula is C14H21N5O. The van der Waals surface area contributed by atoms with Gasteiger partial charge >= 0.3 is 0 Å². The SMILES string of the molecule is COc1ncnc2c1nc(N)n2CC1CCC(C)CC1. The van der Waals surface area contributed by atoms with Crippen LogP contribution in [0.25, 0.3) is 11.2 Å². The molecule has 0 bridgehead atoms. The largest absolute Gasteiger partial charge is 0.479 e. The molecule has 2 heterocycles. The Labute approximate surface area is 118 Å². The first kappa shape index (κ1) is 13.1. The van der Waals surface area contributed by atoms with Crippen LogP contribution in [0.3, 0.4) is 0 Å². The minimum Gasteiger partial charge on any atom is -0.479 e. The number of nitrogen functional groups attached to an aromatic ring is 1. The lowest BCUT2D eigenvalue weighted by molar-refractivity contribution is 0.267. The van der Waals surface area contributed by atoms with Crippen LogP contribution in [0.15, 0.2) is 6.33 Å². The molecule has 108 valence electrons. The van der Waals surface area contributed by atoms with Gasteiger partial charge in [-0.3, -0.25) is 4.57 Å². The van der Waals surface area contributed by atoms with E-state index in [9.17, 15) is 0 Å². The molecule has 6 heteroatoms. The van der Waals surface area contributed by atoms with E-state index in [2.05, 4.69) is 21.9 Å². The number of hydrogen-bond acceptors (Lipinski definition) is 5. The van der Waals surface area contributed by atoms with Crippen molar-refractivity contribution in [3.05, 3.63) is 6.33 Å². The van der Waals surface area contributed by atoms with E-state index in [-0.39, 0.29) is 0 Å². The van der Waals surface area contributed by atoms with Crippen molar-refractivity contribution in [2.45, 2.75) is 39.2 Å². The van der Waals surface area contributed by atoms with Crippen molar-refractivity contribution in [1.82, 2.24) is 19.5 Å². The van der Waals surface area contributed by atoms with Crippen molar-refractivity contribution in [1.29, 1.82) is 0 Å². The van der Waals surface area contributed by atoms with Crippen LogP contribution in [0.5, 0.6) is 5.88 Å². The van der Waals surface area contributed by atoms with Crippen molar-refractivity contribution >= 4 is 17.1 Å². The van der Waals surface area contributed by atoms with Gasteiger partial charge in [0.2, 0.25) is 11.8 Å². The molecule has 2 aromatic heterocycles. The minimum absolute atomic E-state index is 0.484. The summed E-state index contributed by atoms with van der Waals surface area (Å²) in [4.78, 5) is 12.7. The number of hydrogen-bond donors (Lipinski definition) is 1. The quantitative estimate of drug-likeness (QED) is 0.929. The average molecular weight is 275 g/mol. The predicted octanol–water partition coefficient (Wildman–Crippen LogP) is 2.24. The Hall–Kier alpha value is -1.85. The number of anilines is 1. The smallest absolute Gasteiger partial charge is 0.245 e. The molecular weight excluding hydrogens is 254 g/mol. The van der Waals surface area contributed by atoms with Crippen molar-refractivity contribution < 1.29 is 4.74 Å². The Morgan fingerprint density at radius 1 is 1.30 bits per heavy atom. The second kappa shape index (κ2) is 5.26. The van der Waals surface area contributed by atoms with E-state index in [0.717, 1.165) is 18.1 Å². The molecule has 20 heavy (non-hydrogen) atoms. The van der Waals surface area contributed by atoms with Gasteiger partial charge in [-0.05, 0) is 24.7 Å². The van der Waals surface area contributed by atoms with E-state index >= 15 is 0 Å². The zero-order valence-electron chi connectivity index (χ0n) is 12.0. The molecule has 6 nitrogen and oxygen atoms in total. The maximum absolute atomic E-state index is 6.05. The molecule has 0 saturated heterocycles. The molecule has 0 atom stereocenters. The zero-order chi connectivity index (χ0) is 14.1. The summed E-state index contributed by atoms with van der Waals surface area (Å²) in [5.74, 6) is 2.49. The van der Waals surface area contributed by atoms with Gasteiger partial charge in [0, 0.05) is 6.54 Å². The van der Waals surface area contributed by atoms with Gasteiger partial charge in [-0.1, -0.05) is 19.8 Å². The van der Waals surface area contributed by atoms with E-state index in [0.29, 0.717) is 23.3 Å². The van der Waals surface area contributed by atoms with Gasteiger partial charge in [-0.25, -0.2) is 9.97 Å². The van der Waals surface area contributed by atoms with Gasteiger partial charge in [-0.2, -0.15) is 4.98 Å². The lowest BCUT2D eigenvalue weighted by atomic mass is 9.83. The molecule has 2 aromatic rings. The van der Waals surface area contributed by atoms with Crippen molar-refractivity contribution in [2.24, 2.45) is 11.8 Å². The highest BCUT2D eigenvalue weighted by molar-refractivity contribution is 5.78. The van der Waals surface area contributed by atoms with Crippen LogP contribution in [0.2, 0.25) is 0 Å². The molecule has 0 aliphatic heterocycles. The van der Waals surface area contributed by atoms with Gasteiger partial charge in [-0.15, -0.1) is 0 Å². The van der Waals surface area contributed by atoms with Gasteiger partial charge in [0.15, 0.2) is 11.2 Å². The molecule has 1 aliphatic carbocycles. The summed E-state index contributed by atoms with van der Waals surface area (Å²) >= 11 is 0. The van der Waals surface area contributed by atoms with Crippen molar-refractivity contribution in [3.8, 4) is 5.88 Å². The van der Waals surface area contributed by atoms with E-state index in [4.69, 9.17) is 10.5 Å². The Balaban J connectivity index is 1.89. The number of nitrogens with zero attached hydrogens (tertiary/aromatic N) is 4. The molecule has 1 saturated carbocycles. The highest BCUT2D eigenvalue weighted by Gasteiger charge is 2.22. The summed E-state index contributed by atoms with van der Waals surface area (Å²) in [5, 5.41) is 0. The van der Waals surface area contributed by atoms with Crippen LogP contribution in [-0.2, 0) is 6.54 Å². The van der Waals surface area contributed by atoms with E-state index in [1.165, 1.54) is 32.0 Å². The number of methoxy groups -OCH3 is 1. The van der Waals surface area contributed by atoms with Crippen molar-refractivity contribution in [3.63, 3.8) is 0 Å². The maximum Gasteiger partial charge on any atom is 0.245 e. The lowest BCUT2D eigenvalue weighted by Gasteiger charge is -2.26. The standard InChI is InChI=1S/C14H21N5O/c1-9-3-5-10(6-4-9)7-19-12-11(18-14(19)15)13(20-2)17-8-16-12/h8-10H,3-7H2,1-2H3,(H2,15,18). The molecule has 0 unspecified atom stereocenters. The molecule has 1 fully saturated rings. The highest BCUT2D eigenvalue weighted by atomic mass is 16.5. The molecule has 1 aliphatic rings. The predicted molar refractivity (Wildman–Crippen MR) is 77.4 cm³/mol. The number of aromatic nitrogens is 4. The van der Waals surface area contributed by atoms with Crippen LogP contribution in [0, 0.1) is 11.8 Å².